The van der Waals surface area contributed by atoms with Crippen LogP contribution in [0.5, 0.6) is 0 Å². The van der Waals surface area contributed by atoms with Crippen molar-refractivity contribution in [3.05, 3.63) is 58.4 Å². The normalized spacial score (nSPS) is 12.7. The van der Waals surface area contributed by atoms with Gasteiger partial charge in [-0.05, 0) is 36.2 Å². The quantitative estimate of drug-likeness (QED) is 0.688. The molecule has 0 unspecified atom stereocenters. The topological polar surface area (TPSA) is 68.5 Å². The molecule has 0 atom stereocenters. The van der Waals surface area contributed by atoms with Crippen LogP contribution in [0.4, 0.5) is 0 Å². The Kier molecular flexibility index (Phi) is 5.11. The largest absolute Gasteiger partial charge is 0.319 e. The van der Waals surface area contributed by atoms with Gasteiger partial charge in [0.1, 0.15) is 0 Å². The second-order valence-corrected chi connectivity index (χ2v) is 9.17. The molecule has 1 amide bonds. The lowest BCUT2D eigenvalue weighted by Gasteiger charge is -2.05. The molecule has 0 fully saturated rings. The van der Waals surface area contributed by atoms with Crippen molar-refractivity contribution in [1.29, 1.82) is 0 Å². The number of hydrogen-bond acceptors (Lipinski definition) is 4. The molecule has 0 spiro atoms. The van der Waals surface area contributed by atoms with Gasteiger partial charge in [0.25, 0.3) is 5.91 Å². The summed E-state index contributed by atoms with van der Waals surface area (Å²) in [4.78, 5) is 17.5. The van der Waals surface area contributed by atoms with Gasteiger partial charge in [-0.15, -0.1) is 0 Å². The molecule has 3 aromatic rings. The van der Waals surface area contributed by atoms with Crippen molar-refractivity contribution in [2.45, 2.75) is 25.2 Å². The predicted molar refractivity (Wildman–Crippen MR) is 104 cm³/mol. The van der Waals surface area contributed by atoms with Crippen LogP contribution in [0.1, 0.15) is 29.8 Å². The van der Waals surface area contributed by atoms with Gasteiger partial charge in [0, 0.05) is 7.05 Å². The smallest absolute Gasteiger partial charge is 0.280 e. The first-order valence-electron chi connectivity index (χ1n) is 8.36. The zero-order chi connectivity index (χ0) is 18.9. The number of hydrogen-bond donors (Lipinski definition) is 0. The number of aryl methyl sites for hydroxylation is 2. The van der Waals surface area contributed by atoms with Gasteiger partial charge in [-0.3, -0.25) is 4.79 Å². The summed E-state index contributed by atoms with van der Waals surface area (Å²) in [6.45, 7) is 3.65. The lowest BCUT2D eigenvalue weighted by molar-refractivity contribution is 0.0995. The van der Waals surface area contributed by atoms with E-state index in [1.165, 1.54) is 29.0 Å². The fourth-order valence-corrected chi connectivity index (χ4v) is 4.89. The highest BCUT2D eigenvalue weighted by Crippen LogP contribution is 2.20. The number of nitrogens with zero attached hydrogens (tertiary/aromatic N) is 2. The Bertz CT molecular complexity index is 1150. The van der Waals surface area contributed by atoms with E-state index in [0.29, 0.717) is 4.80 Å². The van der Waals surface area contributed by atoms with Crippen molar-refractivity contribution in [3.8, 4) is 0 Å². The third-order valence-electron chi connectivity index (χ3n) is 4.31. The Morgan fingerprint density at radius 3 is 2.58 bits per heavy atom. The van der Waals surface area contributed by atoms with E-state index in [1.54, 1.807) is 19.1 Å². The minimum Gasteiger partial charge on any atom is -0.319 e. The average Bonchev–Trinajstić information content (AvgIpc) is 2.96. The molecule has 2 aromatic carbocycles. The summed E-state index contributed by atoms with van der Waals surface area (Å²) in [6.07, 6.45) is 0.936. The van der Waals surface area contributed by atoms with Crippen molar-refractivity contribution in [2.24, 2.45) is 12.0 Å². The fourth-order valence-electron chi connectivity index (χ4n) is 2.72. The molecule has 0 bridgehead atoms. The van der Waals surface area contributed by atoms with Crippen LogP contribution in [0.2, 0.25) is 0 Å². The van der Waals surface area contributed by atoms with Gasteiger partial charge in [0.15, 0.2) is 14.6 Å². The fraction of sp³-hybridized carbons (Fsp3) is 0.263. The van der Waals surface area contributed by atoms with Crippen LogP contribution in [0.3, 0.4) is 0 Å². The van der Waals surface area contributed by atoms with E-state index < -0.39 is 15.7 Å². The second-order valence-electron chi connectivity index (χ2n) is 5.92. The molecule has 5 nitrogen and oxygen atoms in total. The van der Waals surface area contributed by atoms with E-state index in [9.17, 15) is 13.2 Å². The first-order chi connectivity index (χ1) is 12.4. The van der Waals surface area contributed by atoms with Gasteiger partial charge in [0.2, 0.25) is 0 Å². The van der Waals surface area contributed by atoms with Gasteiger partial charge < -0.3 is 4.57 Å². The molecular weight excluding hydrogens is 368 g/mol. The summed E-state index contributed by atoms with van der Waals surface area (Å²) in [5.41, 5.74) is 2.32. The lowest BCUT2D eigenvalue weighted by Crippen LogP contribution is -2.15. The van der Waals surface area contributed by atoms with E-state index >= 15 is 0 Å². The number of amides is 1. The summed E-state index contributed by atoms with van der Waals surface area (Å²) in [5.74, 6) is -0.608. The van der Waals surface area contributed by atoms with E-state index in [-0.39, 0.29) is 16.2 Å². The summed E-state index contributed by atoms with van der Waals surface area (Å²) in [5, 5.41) is 0. The van der Waals surface area contributed by atoms with Crippen LogP contribution in [-0.2, 0) is 23.3 Å². The van der Waals surface area contributed by atoms with Crippen molar-refractivity contribution < 1.29 is 13.2 Å². The number of thiazole rings is 1. The number of carbonyl (C=O) groups excluding carboxylic acids is 1. The maximum Gasteiger partial charge on any atom is 0.280 e. The van der Waals surface area contributed by atoms with Gasteiger partial charge in [-0.25, -0.2) is 8.42 Å². The van der Waals surface area contributed by atoms with Crippen molar-refractivity contribution in [2.75, 3.05) is 5.75 Å². The highest BCUT2D eigenvalue weighted by Gasteiger charge is 2.20. The standard InChI is InChI=1S/C19H20N2O3S2/c1-4-13-10-11-15-16(12-13)25-19(21(15)3)20-18(22)14-8-6-7-9-17(14)26(23,24)5-2/h6-12H,4-5H2,1-3H3. The van der Waals surface area contributed by atoms with Crippen LogP contribution in [0.25, 0.3) is 10.2 Å². The Morgan fingerprint density at radius 2 is 1.88 bits per heavy atom. The van der Waals surface area contributed by atoms with Crippen LogP contribution in [-0.4, -0.2) is 24.6 Å². The maximum atomic E-state index is 12.7. The number of benzene rings is 2. The molecule has 7 heteroatoms. The van der Waals surface area contributed by atoms with Gasteiger partial charge in [-0.2, -0.15) is 4.99 Å². The first kappa shape index (κ1) is 18.5. The Labute approximate surface area is 156 Å². The summed E-state index contributed by atoms with van der Waals surface area (Å²) < 4.78 is 27.4. The molecule has 0 radical (unpaired) electrons. The maximum absolute atomic E-state index is 12.7. The number of carbonyl (C=O) groups is 1. The van der Waals surface area contributed by atoms with E-state index in [1.807, 2.05) is 17.7 Å². The molecule has 136 valence electrons. The van der Waals surface area contributed by atoms with Crippen molar-refractivity contribution >= 4 is 37.3 Å². The molecule has 0 aliphatic rings. The zero-order valence-corrected chi connectivity index (χ0v) is 16.5. The van der Waals surface area contributed by atoms with Crippen LogP contribution < -0.4 is 4.80 Å². The Morgan fingerprint density at radius 1 is 1.15 bits per heavy atom. The van der Waals surface area contributed by atoms with Crippen LogP contribution >= 0.6 is 11.3 Å². The molecule has 0 aliphatic carbocycles. The summed E-state index contributed by atoms with van der Waals surface area (Å²) in [6, 6.07) is 12.4. The minimum absolute atomic E-state index is 0.0354. The van der Waals surface area contributed by atoms with E-state index in [4.69, 9.17) is 0 Å². The number of fused-ring (bicyclic) bond motifs is 1. The molecule has 3 rings (SSSR count). The van der Waals surface area contributed by atoms with Gasteiger partial charge >= 0.3 is 0 Å². The molecule has 0 saturated carbocycles. The third kappa shape index (κ3) is 3.37. The molecule has 0 aliphatic heterocycles. The number of rotatable bonds is 4. The Hall–Kier alpha value is -2.25. The monoisotopic (exact) mass is 388 g/mol. The third-order valence-corrected chi connectivity index (χ3v) is 7.19. The first-order valence-corrected chi connectivity index (χ1v) is 10.8. The zero-order valence-electron chi connectivity index (χ0n) is 14.9. The Balaban J connectivity index is 2.14. The highest BCUT2D eigenvalue weighted by molar-refractivity contribution is 7.91. The van der Waals surface area contributed by atoms with E-state index in [2.05, 4.69) is 24.0 Å². The highest BCUT2D eigenvalue weighted by atomic mass is 32.2. The SMILES string of the molecule is CCc1ccc2c(c1)sc(=NC(=O)c1ccccc1S(=O)(=O)CC)n2C. The van der Waals surface area contributed by atoms with Crippen molar-refractivity contribution in [1.82, 2.24) is 4.57 Å². The second kappa shape index (κ2) is 7.17. The molecule has 1 heterocycles. The predicted octanol–water partition coefficient (Wildman–Crippen LogP) is 3.34. The van der Waals surface area contributed by atoms with Gasteiger partial charge in [-0.1, -0.05) is 43.4 Å². The minimum atomic E-state index is -3.49. The van der Waals surface area contributed by atoms with Crippen LogP contribution in [0.15, 0.2) is 52.4 Å². The molecule has 0 N–H and O–H groups in total. The summed E-state index contributed by atoms with van der Waals surface area (Å²) in [7, 11) is -1.64. The average molecular weight is 389 g/mol. The molecular formula is C19H20N2O3S2. The molecule has 0 saturated heterocycles. The molecule has 1 aromatic heterocycles. The van der Waals surface area contributed by atoms with E-state index in [0.717, 1.165) is 16.6 Å². The molecule has 26 heavy (non-hydrogen) atoms. The lowest BCUT2D eigenvalue weighted by atomic mass is 10.2. The number of aromatic nitrogens is 1. The van der Waals surface area contributed by atoms with Gasteiger partial charge in [0.05, 0.1) is 26.4 Å². The van der Waals surface area contributed by atoms with Crippen molar-refractivity contribution in [3.63, 3.8) is 0 Å². The summed E-state index contributed by atoms with van der Waals surface area (Å²) >= 11 is 1.42. The van der Waals surface area contributed by atoms with Crippen LogP contribution in [0, 0.1) is 0 Å². The number of sulfone groups is 1.